The van der Waals surface area contributed by atoms with E-state index in [0.717, 1.165) is 11.1 Å². The van der Waals surface area contributed by atoms with Gasteiger partial charge in [0.05, 0.1) is 0 Å². The monoisotopic (exact) mass is 386 g/mol. The first-order valence-corrected chi connectivity index (χ1v) is 8.61. The standard InChI is InChI=1S/C20H22N4O2.ClH/c1-15-8-9-18-22-12-17(20(26)24(18)13-15)19(25)23(11-5-10-21)14-16-6-3-2-4-7-16;/h2-4,6-9,12-13H,5,10-11,14,21H2,1H3;1H. The number of fused-ring (bicyclic) bond motifs is 1. The number of hydrogen-bond donors (Lipinski definition) is 1. The van der Waals surface area contributed by atoms with E-state index in [4.69, 9.17) is 5.73 Å². The van der Waals surface area contributed by atoms with Crippen molar-refractivity contribution in [2.24, 2.45) is 5.73 Å². The second-order valence-corrected chi connectivity index (χ2v) is 6.27. The van der Waals surface area contributed by atoms with Crippen molar-refractivity contribution < 1.29 is 4.79 Å². The maximum Gasteiger partial charge on any atom is 0.270 e. The molecule has 2 aromatic heterocycles. The van der Waals surface area contributed by atoms with Gasteiger partial charge in [0.25, 0.3) is 11.5 Å². The van der Waals surface area contributed by atoms with E-state index >= 15 is 0 Å². The molecule has 0 fully saturated rings. The predicted octanol–water partition coefficient (Wildman–Crippen LogP) is 2.42. The zero-order chi connectivity index (χ0) is 18.5. The van der Waals surface area contributed by atoms with E-state index in [-0.39, 0.29) is 29.4 Å². The minimum absolute atomic E-state index is 0. The number of aromatic nitrogens is 2. The molecule has 0 saturated carbocycles. The van der Waals surface area contributed by atoms with E-state index < -0.39 is 0 Å². The van der Waals surface area contributed by atoms with Crippen LogP contribution in [0.25, 0.3) is 5.65 Å². The second-order valence-electron chi connectivity index (χ2n) is 6.27. The molecule has 1 aromatic carbocycles. The number of halogens is 1. The molecule has 0 unspecified atom stereocenters. The molecule has 0 bridgehead atoms. The molecule has 0 aliphatic rings. The fourth-order valence-corrected chi connectivity index (χ4v) is 2.84. The normalized spacial score (nSPS) is 10.4. The number of amides is 1. The largest absolute Gasteiger partial charge is 0.334 e. The van der Waals surface area contributed by atoms with Gasteiger partial charge in [0.1, 0.15) is 11.2 Å². The van der Waals surface area contributed by atoms with E-state index in [9.17, 15) is 9.59 Å². The highest BCUT2D eigenvalue weighted by atomic mass is 35.5. The highest BCUT2D eigenvalue weighted by Gasteiger charge is 2.20. The topological polar surface area (TPSA) is 80.7 Å². The maximum atomic E-state index is 13.0. The second kappa shape index (κ2) is 9.30. The van der Waals surface area contributed by atoms with Crippen LogP contribution in [0.4, 0.5) is 0 Å². The summed E-state index contributed by atoms with van der Waals surface area (Å²) in [5.74, 6) is -0.323. The summed E-state index contributed by atoms with van der Waals surface area (Å²) < 4.78 is 1.42. The van der Waals surface area contributed by atoms with Gasteiger partial charge in [0, 0.05) is 25.5 Å². The van der Waals surface area contributed by atoms with Gasteiger partial charge in [0.15, 0.2) is 0 Å². The Morgan fingerprint density at radius 2 is 1.93 bits per heavy atom. The third-order valence-corrected chi connectivity index (χ3v) is 4.22. The average Bonchev–Trinajstić information content (AvgIpc) is 2.66. The van der Waals surface area contributed by atoms with Gasteiger partial charge in [0.2, 0.25) is 0 Å². The Kier molecular flexibility index (Phi) is 7.10. The van der Waals surface area contributed by atoms with Crippen molar-refractivity contribution in [3.05, 3.63) is 81.9 Å². The Hall–Kier alpha value is -2.70. The van der Waals surface area contributed by atoms with Gasteiger partial charge < -0.3 is 10.6 Å². The van der Waals surface area contributed by atoms with Crippen molar-refractivity contribution in [2.45, 2.75) is 19.9 Å². The van der Waals surface area contributed by atoms with Crippen LogP contribution in [-0.4, -0.2) is 33.3 Å². The average molecular weight is 387 g/mol. The third-order valence-electron chi connectivity index (χ3n) is 4.22. The lowest BCUT2D eigenvalue weighted by atomic mass is 10.2. The number of benzene rings is 1. The number of nitrogens with two attached hydrogens (primary N) is 1. The molecule has 3 aromatic rings. The lowest BCUT2D eigenvalue weighted by Gasteiger charge is -2.22. The third kappa shape index (κ3) is 4.72. The Morgan fingerprint density at radius 3 is 2.63 bits per heavy atom. The first-order chi connectivity index (χ1) is 12.6. The smallest absolute Gasteiger partial charge is 0.270 e. The Morgan fingerprint density at radius 1 is 1.19 bits per heavy atom. The molecule has 0 saturated heterocycles. The molecule has 0 spiro atoms. The van der Waals surface area contributed by atoms with Gasteiger partial charge in [-0.3, -0.25) is 14.0 Å². The van der Waals surface area contributed by atoms with Gasteiger partial charge in [-0.05, 0) is 37.1 Å². The first-order valence-electron chi connectivity index (χ1n) is 8.61. The number of nitrogens with zero attached hydrogens (tertiary/aromatic N) is 3. The van der Waals surface area contributed by atoms with Crippen molar-refractivity contribution in [1.82, 2.24) is 14.3 Å². The van der Waals surface area contributed by atoms with Gasteiger partial charge in [-0.2, -0.15) is 0 Å². The van der Waals surface area contributed by atoms with Crippen LogP contribution < -0.4 is 11.3 Å². The van der Waals surface area contributed by atoms with E-state index in [0.29, 0.717) is 31.7 Å². The van der Waals surface area contributed by atoms with Crippen molar-refractivity contribution in [3.63, 3.8) is 0 Å². The zero-order valence-electron chi connectivity index (χ0n) is 15.2. The van der Waals surface area contributed by atoms with E-state index in [1.165, 1.54) is 10.6 Å². The Balaban J connectivity index is 0.00000261. The molecule has 3 rings (SSSR count). The number of rotatable bonds is 6. The summed E-state index contributed by atoms with van der Waals surface area (Å²) in [5.41, 5.74) is 7.78. The van der Waals surface area contributed by atoms with Crippen LogP contribution in [0.2, 0.25) is 0 Å². The summed E-state index contributed by atoms with van der Waals surface area (Å²) in [6.07, 6.45) is 3.73. The molecule has 0 atom stereocenters. The zero-order valence-corrected chi connectivity index (χ0v) is 16.0. The van der Waals surface area contributed by atoms with Crippen LogP contribution in [-0.2, 0) is 6.54 Å². The molecule has 142 valence electrons. The van der Waals surface area contributed by atoms with E-state index in [1.807, 2.05) is 43.3 Å². The minimum Gasteiger partial charge on any atom is -0.334 e. The summed E-state index contributed by atoms with van der Waals surface area (Å²) in [6.45, 7) is 3.28. The summed E-state index contributed by atoms with van der Waals surface area (Å²) in [7, 11) is 0. The maximum absolute atomic E-state index is 13.0. The van der Waals surface area contributed by atoms with E-state index in [2.05, 4.69) is 4.98 Å². The Bertz CT molecular complexity index is 973. The lowest BCUT2D eigenvalue weighted by Crippen LogP contribution is -2.37. The van der Waals surface area contributed by atoms with Gasteiger partial charge in [-0.1, -0.05) is 36.4 Å². The van der Waals surface area contributed by atoms with Crippen molar-refractivity contribution >= 4 is 24.0 Å². The van der Waals surface area contributed by atoms with Crippen LogP contribution in [0, 0.1) is 6.92 Å². The number of hydrogen-bond acceptors (Lipinski definition) is 4. The molecule has 2 N–H and O–H groups in total. The minimum atomic E-state index is -0.352. The summed E-state index contributed by atoms with van der Waals surface area (Å²) in [6, 6.07) is 13.3. The number of carbonyl (C=O) groups excluding carboxylic acids is 1. The molecular formula is C20H23ClN4O2. The van der Waals surface area contributed by atoms with Crippen LogP contribution in [0.5, 0.6) is 0 Å². The molecule has 27 heavy (non-hydrogen) atoms. The quantitative estimate of drug-likeness (QED) is 0.705. The SMILES string of the molecule is Cc1ccc2ncc(C(=O)N(CCCN)Cc3ccccc3)c(=O)n2c1.Cl. The molecule has 7 heteroatoms. The molecule has 0 aliphatic carbocycles. The molecule has 2 heterocycles. The number of pyridine rings is 1. The number of aryl methyl sites for hydroxylation is 1. The summed E-state index contributed by atoms with van der Waals surface area (Å²) in [5, 5.41) is 0. The first kappa shape index (κ1) is 20.6. The molecular weight excluding hydrogens is 364 g/mol. The fourth-order valence-electron chi connectivity index (χ4n) is 2.84. The highest BCUT2D eigenvalue weighted by Crippen LogP contribution is 2.09. The summed E-state index contributed by atoms with van der Waals surface area (Å²) >= 11 is 0. The molecule has 0 radical (unpaired) electrons. The van der Waals surface area contributed by atoms with Crippen LogP contribution in [0.15, 0.2) is 59.7 Å². The number of carbonyl (C=O) groups is 1. The molecule has 0 aliphatic heterocycles. The highest BCUT2D eigenvalue weighted by molar-refractivity contribution is 5.93. The van der Waals surface area contributed by atoms with Crippen LogP contribution >= 0.6 is 12.4 Å². The summed E-state index contributed by atoms with van der Waals surface area (Å²) in [4.78, 5) is 31.8. The van der Waals surface area contributed by atoms with Gasteiger partial charge >= 0.3 is 0 Å². The van der Waals surface area contributed by atoms with Crippen molar-refractivity contribution in [1.29, 1.82) is 0 Å². The van der Waals surface area contributed by atoms with Crippen LogP contribution in [0.3, 0.4) is 0 Å². The lowest BCUT2D eigenvalue weighted by molar-refractivity contribution is 0.0740. The van der Waals surface area contributed by atoms with Crippen molar-refractivity contribution in [3.8, 4) is 0 Å². The molecule has 1 amide bonds. The van der Waals surface area contributed by atoms with Crippen molar-refractivity contribution in [2.75, 3.05) is 13.1 Å². The Labute approximate surface area is 164 Å². The fraction of sp³-hybridized carbons (Fsp3) is 0.250. The van der Waals surface area contributed by atoms with Crippen LogP contribution in [0.1, 0.15) is 27.9 Å². The van der Waals surface area contributed by atoms with E-state index in [1.54, 1.807) is 17.2 Å². The molecule has 6 nitrogen and oxygen atoms in total. The van der Waals surface area contributed by atoms with Gasteiger partial charge in [-0.15, -0.1) is 12.4 Å². The van der Waals surface area contributed by atoms with Gasteiger partial charge in [-0.25, -0.2) is 4.98 Å². The predicted molar refractivity (Wildman–Crippen MR) is 108 cm³/mol.